The van der Waals surface area contributed by atoms with Crippen molar-refractivity contribution in [3.05, 3.63) is 0 Å². The first-order valence-electron chi connectivity index (χ1n) is 8.62. The molecule has 21 heavy (non-hydrogen) atoms. The highest BCUT2D eigenvalue weighted by Crippen LogP contribution is 2.30. The zero-order valence-corrected chi connectivity index (χ0v) is 14.8. The SMILES string of the molecule is CCC1(C)CN(CCOCCCOC)C(CC)(CC)CN1. The molecule has 0 amide bonds. The van der Waals surface area contributed by atoms with Gasteiger partial charge in [-0.3, -0.25) is 4.90 Å². The monoisotopic (exact) mass is 300 g/mol. The second-order valence-corrected chi connectivity index (χ2v) is 6.58. The van der Waals surface area contributed by atoms with Crippen molar-refractivity contribution in [3.8, 4) is 0 Å². The number of nitrogens with zero attached hydrogens (tertiary/aromatic N) is 1. The molecule has 4 heteroatoms. The molecular formula is C17H36N2O2. The van der Waals surface area contributed by atoms with Crippen molar-refractivity contribution in [1.82, 2.24) is 10.2 Å². The number of hydrogen-bond donors (Lipinski definition) is 1. The normalized spacial score (nSPS) is 26.1. The molecule has 0 aliphatic carbocycles. The second kappa shape index (κ2) is 9.09. The maximum Gasteiger partial charge on any atom is 0.0593 e. The summed E-state index contributed by atoms with van der Waals surface area (Å²) in [6.07, 6.45) is 4.54. The van der Waals surface area contributed by atoms with E-state index in [1.807, 2.05) is 0 Å². The summed E-state index contributed by atoms with van der Waals surface area (Å²) in [5.41, 5.74) is 0.536. The summed E-state index contributed by atoms with van der Waals surface area (Å²) in [5.74, 6) is 0. The molecule has 1 aliphatic heterocycles. The Morgan fingerprint density at radius 3 is 2.33 bits per heavy atom. The van der Waals surface area contributed by atoms with Crippen LogP contribution in [0.1, 0.15) is 53.4 Å². The van der Waals surface area contributed by atoms with Gasteiger partial charge in [0, 0.05) is 51.0 Å². The summed E-state index contributed by atoms with van der Waals surface area (Å²) in [6.45, 7) is 14.9. The zero-order valence-electron chi connectivity index (χ0n) is 14.8. The number of nitrogens with one attached hydrogen (secondary N) is 1. The van der Waals surface area contributed by atoms with Crippen molar-refractivity contribution in [3.63, 3.8) is 0 Å². The third-order valence-electron chi connectivity index (χ3n) is 5.29. The lowest BCUT2D eigenvalue weighted by atomic mass is 9.82. The fraction of sp³-hybridized carbons (Fsp3) is 1.00. The van der Waals surface area contributed by atoms with Gasteiger partial charge in [-0.2, -0.15) is 0 Å². The van der Waals surface area contributed by atoms with Crippen LogP contribution < -0.4 is 5.32 Å². The Hall–Kier alpha value is -0.160. The highest BCUT2D eigenvalue weighted by Gasteiger charge is 2.42. The Balaban J connectivity index is 2.51. The molecule has 1 heterocycles. The molecule has 1 aliphatic rings. The molecule has 1 saturated heterocycles. The molecule has 0 radical (unpaired) electrons. The van der Waals surface area contributed by atoms with Gasteiger partial charge in [-0.1, -0.05) is 20.8 Å². The molecule has 1 N–H and O–H groups in total. The van der Waals surface area contributed by atoms with E-state index >= 15 is 0 Å². The molecule has 1 atom stereocenters. The molecule has 4 nitrogen and oxygen atoms in total. The Morgan fingerprint density at radius 1 is 1.05 bits per heavy atom. The molecule has 126 valence electrons. The van der Waals surface area contributed by atoms with E-state index < -0.39 is 0 Å². The van der Waals surface area contributed by atoms with Crippen LogP contribution in [0.25, 0.3) is 0 Å². The van der Waals surface area contributed by atoms with Gasteiger partial charge >= 0.3 is 0 Å². The quantitative estimate of drug-likeness (QED) is 0.629. The topological polar surface area (TPSA) is 33.7 Å². The predicted octanol–water partition coefficient (Wildman–Crippen LogP) is 2.67. The van der Waals surface area contributed by atoms with Gasteiger partial charge in [-0.15, -0.1) is 0 Å². The van der Waals surface area contributed by atoms with Crippen molar-refractivity contribution < 1.29 is 9.47 Å². The van der Waals surface area contributed by atoms with Gasteiger partial charge in [-0.05, 0) is 32.6 Å². The number of ether oxygens (including phenoxy) is 2. The number of hydrogen-bond acceptors (Lipinski definition) is 4. The van der Waals surface area contributed by atoms with Crippen LogP contribution in [-0.2, 0) is 9.47 Å². The number of piperazine rings is 1. The van der Waals surface area contributed by atoms with E-state index in [0.29, 0.717) is 5.54 Å². The molecule has 0 bridgehead atoms. The van der Waals surface area contributed by atoms with Gasteiger partial charge in [0.05, 0.1) is 6.61 Å². The lowest BCUT2D eigenvalue weighted by Crippen LogP contribution is -2.69. The highest BCUT2D eigenvalue weighted by molar-refractivity contribution is 5.02. The van der Waals surface area contributed by atoms with Crippen LogP contribution in [0.3, 0.4) is 0 Å². The molecule has 0 saturated carbocycles. The molecule has 0 spiro atoms. The van der Waals surface area contributed by atoms with Crippen LogP contribution in [-0.4, -0.2) is 62.5 Å². The van der Waals surface area contributed by atoms with Crippen molar-refractivity contribution in [2.24, 2.45) is 0 Å². The predicted molar refractivity (Wildman–Crippen MR) is 88.9 cm³/mol. The van der Waals surface area contributed by atoms with E-state index in [4.69, 9.17) is 9.47 Å². The van der Waals surface area contributed by atoms with Crippen LogP contribution in [0.15, 0.2) is 0 Å². The Morgan fingerprint density at radius 2 is 1.76 bits per heavy atom. The van der Waals surface area contributed by atoms with Crippen molar-refractivity contribution >= 4 is 0 Å². The fourth-order valence-corrected chi connectivity index (χ4v) is 3.22. The minimum absolute atomic E-state index is 0.240. The van der Waals surface area contributed by atoms with Crippen LogP contribution in [0.5, 0.6) is 0 Å². The second-order valence-electron chi connectivity index (χ2n) is 6.58. The molecule has 0 aromatic heterocycles. The summed E-state index contributed by atoms with van der Waals surface area (Å²) >= 11 is 0. The smallest absolute Gasteiger partial charge is 0.0593 e. The van der Waals surface area contributed by atoms with E-state index in [9.17, 15) is 0 Å². The molecule has 0 aromatic rings. The third-order valence-corrected chi connectivity index (χ3v) is 5.29. The van der Waals surface area contributed by atoms with E-state index in [0.717, 1.165) is 45.9 Å². The first-order chi connectivity index (χ1) is 10.1. The molecular weight excluding hydrogens is 264 g/mol. The summed E-state index contributed by atoms with van der Waals surface area (Å²) in [7, 11) is 1.74. The Kier molecular flexibility index (Phi) is 8.17. The van der Waals surface area contributed by atoms with Crippen molar-refractivity contribution in [2.45, 2.75) is 64.5 Å². The van der Waals surface area contributed by atoms with E-state index in [1.54, 1.807) is 7.11 Å². The van der Waals surface area contributed by atoms with Gasteiger partial charge < -0.3 is 14.8 Å². The van der Waals surface area contributed by atoms with E-state index in [1.165, 1.54) is 19.3 Å². The summed E-state index contributed by atoms with van der Waals surface area (Å²) in [4.78, 5) is 2.67. The van der Waals surface area contributed by atoms with Crippen LogP contribution >= 0.6 is 0 Å². The zero-order chi connectivity index (χ0) is 15.8. The maximum absolute atomic E-state index is 5.78. The first-order valence-corrected chi connectivity index (χ1v) is 8.62. The highest BCUT2D eigenvalue weighted by atomic mass is 16.5. The largest absolute Gasteiger partial charge is 0.385 e. The summed E-state index contributed by atoms with van der Waals surface area (Å²) < 4.78 is 10.8. The number of methoxy groups -OCH3 is 1. The van der Waals surface area contributed by atoms with Crippen molar-refractivity contribution in [1.29, 1.82) is 0 Å². The van der Waals surface area contributed by atoms with Gasteiger partial charge in [0.2, 0.25) is 0 Å². The molecule has 1 fully saturated rings. The van der Waals surface area contributed by atoms with E-state index in [-0.39, 0.29) is 5.54 Å². The Labute approximate surface area is 131 Å². The lowest BCUT2D eigenvalue weighted by molar-refractivity contribution is -0.0189. The summed E-state index contributed by atoms with van der Waals surface area (Å²) in [5, 5.41) is 3.79. The van der Waals surface area contributed by atoms with Crippen LogP contribution in [0, 0.1) is 0 Å². The minimum atomic E-state index is 0.240. The van der Waals surface area contributed by atoms with Gasteiger partial charge in [-0.25, -0.2) is 0 Å². The average molecular weight is 300 g/mol. The first kappa shape index (κ1) is 18.9. The molecule has 1 unspecified atom stereocenters. The maximum atomic E-state index is 5.78. The molecule has 1 rings (SSSR count). The lowest BCUT2D eigenvalue weighted by Gasteiger charge is -2.53. The van der Waals surface area contributed by atoms with Crippen LogP contribution in [0.4, 0.5) is 0 Å². The minimum Gasteiger partial charge on any atom is -0.385 e. The Bertz CT molecular complexity index is 282. The third kappa shape index (κ3) is 5.20. The van der Waals surface area contributed by atoms with Crippen molar-refractivity contribution in [2.75, 3.05) is 46.6 Å². The standard InChI is InChI=1S/C17H36N2O2/c1-6-16(4)15-19(10-13-21-12-9-11-20-5)17(7-2,8-3)14-18-16/h18H,6-15H2,1-5H3. The summed E-state index contributed by atoms with van der Waals surface area (Å²) in [6, 6.07) is 0. The van der Waals surface area contributed by atoms with Gasteiger partial charge in [0.15, 0.2) is 0 Å². The van der Waals surface area contributed by atoms with Gasteiger partial charge in [0.25, 0.3) is 0 Å². The van der Waals surface area contributed by atoms with E-state index in [2.05, 4.69) is 37.9 Å². The fourth-order valence-electron chi connectivity index (χ4n) is 3.22. The molecule has 0 aromatic carbocycles. The number of rotatable bonds is 10. The van der Waals surface area contributed by atoms with Crippen LogP contribution in [0.2, 0.25) is 0 Å². The van der Waals surface area contributed by atoms with Gasteiger partial charge in [0.1, 0.15) is 0 Å². The average Bonchev–Trinajstić information content (AvgIpc) is 2.51.